The molecular weight excluding hydrogens is 446 g/mol. The fourth-order valence-electron chi connectivity index (χ4n) is 3.16. The van der Waals surface area contributed by atoms with Crippen LogP contribution in [0.1, 0.15) is 19.4 Å². The van der Waals surface area contributed by atoms with E-state index in [0.717, 1.165) is 21.5 Å². The number of rotatable bonds is 10. The van der Waals surface area contributed by atoms with E-state index in [1.165, 1.54) is 23.9 Å². The quantitative estimate of drug-likeness (QED) is 0.250. The number of amides is 1. The molecule has 0 atom stereocenters. The Balaban J connectivity index is 1.79. The molecule has 3 aromatic rings. The number of ether oxygens (including phenoxy) is 3. The number of nitrogens with one attached hydrogen (secondary N) is 1. The normalized spacial score (nSPS) is 10.7. The van der Waals surface area contributed by atoms with Gasteiger partial charge in [0.2, 0.25) is 5.91 Å². The van der Waals surface area contributed by atoms with Crippen LogP contribution in [0.15, 0.2) is 41.4 Å². The number of pyridine rings is 1. The number of anilines is 1. The number of nitro benzene ring substituents is 1. The Labute approximate surface area is 195 Å². The lowest BCUT2D eigenvalue weighted by atomic mass is 10.2. The van der Waals surface area contributed by atoms with Gasteiger partial charge in [-0.05, 0) is 44.5 Å². The lowest BCUT2D eigenvalue weighted by Gasteiger charge is -2.14. The Bertz CT molecular complexity index is 1180. The minimum Gasteiger partial charge on any atom is -0.497 e. The van der Waals surface area contributed by atoms with Crippen molar-refractivity contribution >= 4 is 39.9 Å². The number of carbonyl (C=O) groups is 1. The first-order valence-corrected chi connectivity index (χ1v) is 11.3. The highest BCUT2D eigenvalue weighted by Crippen LogP contribution is 2.38. The van der Waals surface area contributed by atoms with Crippen LogP contribution in [0.25, 0.3) is 10.9 Å². The number of nitrogens with zero attached hydrogens (tertiary/aromatic N) is 2. The summed E-state index contributed by atoms with van der Waals surface area (Å²) in [5.41, 5.74) is 1.82. The molecule has 0 aliphatic rings. The number of hydrogen-bond acceptors (Lipinski definition) is 8. The highest BCUT2D eigenvalue weighted by Gasteiger charge is 2.21. The first-order valence-electron chi connectivity index (χ1n) is 10.3. The number of hydrogen-bond donors (Lipinski definition) is 1. The molecule has 3 rings (SSSR count). The molecule has 0 aliphatic carbocycles. The molecule has 1 amide bonds. The number of nitro groups is 1. The topological polar surface area (TPSA) is 113 Å². The van der Waals surface area contributed by atoms with Gasteiger partial charge < -0.3 is 19.5 Å². The summed E-state index contributed by atoms with van der Waals surface area (Å²) >= 11 is 1.30. The third kappa shape index (κ3) is 5.83. The van der Waals surface area contributed by atoms with Crippen LogP contribution in [0.2, 0.25) is 0 Å². The van der Waals surface area contributed by atoms with Gasteiger partial charge in [0, 0.05) is 17.5 Å². The van der Waals surface area contributed by atoms with Crippen molar-refractivity contribution in [1.29, 1.82) is 0 Å². The van der Waals surface area contributed by atoms with Gasteiger partial charge in [-0.25, -0.2) is 4.98 Å². The second-order valence-corrected chi connectivity index (χ2v) is 7.91. The number of aryl methyl sites for hydroxylation is 1. The van der Waals surface area contributed by atoms with Crippen molar-refractivity contribution in [3.63, 3.8) is 0 Å². The third-order valence-electron chi connectivity index (χ3n) is 4.64. The van der Waals surface area contributed by atoms with E-state index in [4.69, 9.17) is 14.2 Å². The van der Waals surface area contributed by atoms with E-state index in [1.807, 2.05) is 31.2 Å². The predicted molar refractivity (Wildman–Crippen MR) is 128 cm³/mol. The Morgan fingerprint density at radius 2 is 1.85 bits per heavy atom. The first-order chi connectivity index (χ1) is 15.9. The minimum absolute atomic E-state index is 0.0647. The first kappa shape index (κ1) is 24.1. The highest BCUT2D eigenvalue weighted by atomic mass is 32.2. The zero-order chi connectivity index (χ0) is 24.0. The summed E-state index contributed by atoms with van der Waals surface area (Å²) in [6.07, 6.45) is 0. The maximum absolute atomic E-state index is 12.7. The minimum atomic E-state index is -0.544. The molecular formula is C23H25N3O6S. The van der Waals surface area contributed by atoms with Crippen molar-refractivity contribution in [3.05, 3.63) is 52.1 Å². The molecule has 1 heterocycles. The summed E-state index contributed by atoms with van der Waals surface area (Å²) in [5, 5.41) is 15.9. The van der Waals surface area contributed by atoms with Crippen molar-refractivity contribution in [2.24, 2.45) is 0 Å². The van der Waals surface area contributed by atoms with Crippen molar-refractivity contribution < 1.29 is 23.9 Å². The standard InChI is InChI=1S/C23H25N3O6S/c1-5-31-20-12-19(26(28)29)21(32-6-2)11-18(20)24-22(27)13-33-23-14(3)9-15-7-8-16(30-4)10-17(15)25-23/h7-12H,5-6,13H2,1-4H3,(H,24,27). The van der Waals surface area contributed by atoms with Gasteiger partial charge in [-0.15, -0.1) is 0 Å². The van der Waals surface area contributed by atoms with Crippen molar-refractivity contribution in [2.45, 2.75) is 25.8 Å². The van der Waals surface area contributed by atoms with Crippen LogP contribution in [0.5, 0.6) is 17.2 Å². The molecule has 0 saturated carbocycles. The molecule has 0 fully saturated rings. The number of carbonyl (C=O) groups excluding carboxylic acids is 1. The largest absolute Gasteiger partial charge is 0.497 e. The Morgan fingerprint density at radius 3 is 2.52 bits per heavy atom. The molecule has 0 spiro atoms. The summed E-state index contributed by atoms with van der Waals surface area (Å²) in [6.45, 7) is 5.95. The predicted octanol–water partition coefficient (Wildman–Crippen LogP) is 4.99. The number of thioether (sulfide) groups is 1. The zero-order valence-corrected chi connectivity index (χ0v) is 19.7. The van der Waals surface area contributed by atoms with E-state index in [2.05, 4.69) is 10.3 Å². The second-order valence-electron chi connectivity index (χ2n) is 6.95. The SMILES string of the molecule is CCOc1cc([N+](=O)[O-])c(OCC)cc1NC(=O)CSc1nc2cc(OC)ccc2cc1C. The van der Waals surface area contributed by atoms with Gasteiger partial charge in [0.15, 0.2) is 5.75 Å². The molecule has 10 heteroatoms. The van der Waals surface area contributed by atoms with Crippen LogP contribution in [0.3, 0.4) is 0 Å². The number of aromatic nitrogens is 1. The van der Waals surface area contributed by atoms with Crippen molar-refractivity contribution in [3.8, 4) is 17.2 Å². The van der Waals surface area contributed by atoms with Gasteiger partial charge in [0.25, 0.3) is 0 Å². The molecule has 2 aromatic carbocycles. The highest BCUT2D eigenvalue weighted by molar-refractivity contribution is 8.00. The van der Waals surface area contributed by atoms with Crippen molar-refractivity contribution in [1.82, 2.24) is 4.98 Å². The molecule has 1 aromatic heterocycles. The molecule has 0 bridgehead atoms. The van der Waals surface area contributed by atoms with E-state index >= 15 is 0 Å². The Hall–Kier alpha value is -3.53. The molecule has 9 nitrogen and oxygen atoms in total. The smallest absolute Gasteiger partial charge is 0.314 e. The van der Waals surface area contributed by atoms with Crippen LogP contribution in [-0.2, 0) is 4.79 Å². The van der Waals surface area contributed by atoms with Gasteiger partial charge in [0.05, 0.1) is 48.3 Å². The summed E-state index contributed by atoms with van der Waals surface area (Å²) in [5.74, 6) is 0.770. The van der Waals surface area contributed by atoms with E-state index in [0.29, 0.717) is 11.4 Å². The lowest BCUT2D eigenvalue weighted by molar-refractivity contribution is -0.385. The van der Waals surface area contributed by atoms with Crippen molar-refractivity contribution in [2.75, 3.05) is 31.4 Å². The van der Waals surface area contributed by atoms with E-state index in [1.54, 1.807) is 21.0 Å². The average molecular weight is 472 g/mol. The fourth-order valence-corrected chi connectivity index (χ4v) is 3.95. The van der Waals surface area contributed by atoms with Gasteiger partial charge in [-0.2, -0.15) is 0 Å². The molecule has 0 saturated heterocycles. The average Bonchev–Trinajstić information content (AvgIpc) is 2.79. The molecule has 0 aliphatic heterocycles. The maximum Gasteiger partial charge on any atom is 0.314 e. The second kappa shape index (κ2) is 10.9. The van der Waals surface area contributed by atoms with Gasteiger partial charge in [0.1, 0.15) is 16.5 Å². The molecule has 174 valence electrons. The molecule has 1 N–H and O–H groups in total. The monoisotopic (exact) mass is 471 g/mol. The van der Waals surface area contributed by atoms with Crippen LogP contribution < -0.4 is 19.5 Å². The third-order valence-corrected chi connectivity index (χ3v) is 5.73. The summed E-state index contributed by atoms with van der Waals surface area (Å²) in [6, 6.07) is 10.4. The van der Waals surface area contributed by atoms with E-state index in [9.17, 15) is 14.9 Å². The van der Waals surface area contributed by atoms with Crippen LogP contribution >= 0.6 is 11.8 Å². The summed E-state index contributed by atoms with van der Waals surface area (Å²) in [7, 11) is 1.60. The van der Waals surface area contributed by atoms with E-state index in [-0.39, 0.29) is 42.1 Å². The molecule has 0 radical (unpaired) electrons. The molecule has 33 heavy (non-hydrogen) atoms. The zero-order valence-electron chi connectivity index (χ0n) is 18.8. The number of methoxy groups -OCH3 is 1. The number of benzene rings is 2. The Morgan fingerprint density at radius 1 is 1.12 bits per heavy atom. The molecule has 0 unspecified atom stereocenters. The van der Waals surface area contributed by atoms with Crippen LogP contribution in [0, 0.1) is 17.0 Å². The van der Waals surface area contributed by atoms with E-state index < -0.39 is 4.92 Å². The fraction of sp³-hybridized carbons (Fsp3) is 0.304. The van der Waals surface area contributed by atoms with Gasteiger partial charge in [-0.1, -0.05) is 11.8 Å². The van der Waals surface area contributed by atoms with Crippen LogP contribution in [0.4, 0.5) is 11.4 Å². The number of fused-ring (bicyclic) bond motifs is 1. The maximum atomic E-state index is 12.7. The van der Waals surface area contributed by atoms with Crippen LogP contribution in [-0.4, -0.2) is 41.9 Å². The van der Waals surface area contributed by atoms with Gasteiger partial charge >= 0.3 is 5.69 Å². The lowest BCUT2D eigenvalue weighted by Crippen LogP contribution is -2.15. The summed E-state index contributed by atoms with van der Waals surface area (Å²) < 4.78 is 16.2. The Kier molecular flexibility index (Phi) is 7.94. The van der Waals surface area contributed by atoms with Gasteiger partial charge in [-0.3, -0.25) is 14.9 Å². The summed E-state index contributed by atoms with van der Waals surface area (Å²) in [4.78, 5) is 28.2.